The van der Waals surface area contributed by atoms with E-state index in [1.807, 2.05) is 30.3 Å². The molecule has 0 saturated carbocycles. The number of benzene rings is 3. The lowest BCUT2D eigenvalue weighted by Crippen LogP contribution is -2.32. The summed E-state index contributed by atoms with van der Waals surface area (Å²) in [6, 6.07) is 22.5. The Hall–Kier alpha value is -3.54. The number of amides is 2. The summed E-state index contributed by atoms with van der Waals surface area (Å²) >= 11 is 0. The van der Waals surface area contributed by atoms with Crippen molar-refractivity contribution in [2.75, 3.05) is 18.5 Å². The Morgan fingerprint density at radius 1 is 0.857 bits per heavy atom. The standard InChI is InChI=1S/C22H21FN2O3/c23-18-7-4-8-21(15-18)27-14-13-24-22(26)25-19-9-11-20(12-10-19)28-16-17-5-2-1-3-6-17/h1-12,15H,13-14,16H2,(H2,24,25,26). The topological polar surface area (TPSA) is 59.6 Å². The van der Waals surface area contributed by atoms with Crippen LogP contribution >= 0.6 is 0 Å². The zero-order valence-corrected chi connectivity index (χ0v) is 15.2. The van der Waals surface area contributed by atoms with E-state index in [1.165, 1.54) is 12.1 Å². The summed E-state index contributed by atoms with van der Waals surface area (Å²) in [5, 5.41) is 5.41. The number of nitrogens with one attached hydrogen (secondary N) is 2. The predicted octanol–water partition coefficient (Wildman–Crippen LogP) is 4.61. The number of halogens is 1. The van der Waals surface area contributed by atoms with E-state index in [2.05, 4.69) is 10.6 Å². The van der Waals surface area contributed by atoms with Gasteiger partial charge in [-0.15, -0.1) is 0 Å². The Morgan fingerprint density at radius 2 is 1.64 bits per heavy atom. The molecule has 3 rings (SSSR count). The largest absolute Gasteiger partial charge is 0.492 e. The van der Waals surface area contributed by atoms with E-state index < -0.39 is 0 Å². The van der Waals surface area contributed by atoms with Crippen LogP contribution in [-0.2, 0) is 6.61 Å². The summed E-state index contributed by atoms with van der Waals surface area (Å²) in [6.07, 6.45) is 0. The molecule has 6 heteroatoms. The monoisotopic (exact) mass is 380 g/mol. The molecule has 0 aliphatic rings. The highest BCUT2D eigenvalue weighted by molar-refractivity contribution is 5.89. The van der Waals surface area contributed by atoms with Gasteiger partial charge in [-0.1, -0.05) is 36.4 Å². The summed E-state index contributed by atoms with van der Waals surface area (Å²) in [5.74, 6) is 0.783. The van der Waals surface area contributed by atoms with Crippen molar-refractivity contribution in [1.82, 2.24) is 5.32 Å². The molecule has 0 unspecified atom stereocenters. The highest BCUT2D eigenvalue weighted by atomic mass is 19.1. The van der Waals surface area contributed by atoms with E-state index in [9.17, 15) is 9.18 Å². The van der Waals surface area contributed by atoms with Gasteiger partial charge in [-0.3, -0.25) is 0 Å². The summed E-state index contributed by atoms with van der Waals surface area (Å²) in [5.41, 5.74) is 1.74. The Morgan fingerprint density at radius 3 is 2.39 bits per heavy atom. The third kappa shape index (κ3) is 6.32. The molecule has 0 aromatic heterocycles. The molecular formula is C22H21FN2O3. The molecule has 2 amide bonds. The molecule has 0 atom stereocenters. The SMILES string of the molecule is O=C(NCCOc1cccc(F)c1)Nc1ccc(OCc2ccccc2)cc1. The van der Waals surface area contributed by atoms with Crippen molar-refractivity contribution in [2.24, 2.45) is 0 Å². The molecule has 144 valence electrons. The Labute approximate surface area is 163 Å². The molecule has 0 aliphatic heterocycles. The Balaban J connectivity index is 1.37. The summed E-state index contributed by atoms with van der Waals surface area (Å²) in [6.45, 7) is 1.02. The van der Waals surface area contributed by atoms with Crippen LogP contribution in [0.15, 0.2) is 78.9 Å². The van der Waals surface area contributed by atoms with Crippen molar-refractivity contribution in [3.63, 3.8) is 0 Å². The zero-order valence-electron chi connectivity index (χ0n) is 15.2. The second kappa shape index (κ2) is 9.97. The van der Waals surface area contributed by atoms with Crippen molar-refractivity contribution in [1.29, 1.82) is 0 Å². The van der Waals surface area contributed by atoms with Crippen LogP contribution in [0.1, 0.15) is 5.56 Å². The first-order valence-corrected chi connectivity index (χ1v) is 8.89. The van der Waals surface area contributed by atoms with E-state index in [0.29, 0.717) is 24.6 Å². The maximum absolute atomic E-state index is 13.0. The third-order valence-electron chi connectivity index (χ3n) is 3.81. The van der Waals surface area contributed by atoms with Gasteiger partial charge in [0.1, 0.15) is 30.5 Å². The third-order valence-corrected chi connectivity index (χ3v) is 3.81. The van der Waals surface area contributed by atoms with Gasteiger partial charge in [0.05, 0.1) is 6.54 Å². The lowest BCUT2D eigenvalue weighted by Gasteiger charge is -2.10. The van der Waals surface area contributed by atoms with Crippen LogP contribution in [-0.4, -0.2) is 19.2 Å². The summed E-state index contributed by atoms with van der Waals surface area (Å²) < 4.78 is 24.1. The van der Waals surface area contributed by atoms with Crippen LogP contribution in [0.5, 0.6) is 11.5 Å². The molecule has 0 fully saturated rings. The molecule has 0 saturated heterocycles. The second-order valence-corrected chi connectivity index (χ2v) is 5.99. The fraction of sp³-hybridized carbons (Fsp3) is 0.136. The van der Waals surface area contributed by atoms with Gasteiger partial charge in [-0.2, -0.15) is 0 Å². The molecule has 0 radical (unpaired) electrons. The molecule has 0 heterocycles. The maximum Gasteiger partial charge on any atom is 0.319 e. The molecule has 0 spiro atoms. The number of hydrogen-bond donors (Lipinski definition) is 2. The van der Waals surface area contributed by atoms with E-state index in [-0.39, 0.29) is 18.5 Å². The fourth-order valence-electron chi connectivity index (χ4n) is 2.44. The van der Waals surface area contributed by atoms with Crippen molar-refractivity contribution < 1.29 is 18.7 Å². The van der Waals surface area contributed by atoms with Crippen molar-refractivity contribution in [3.8, 4) is 11.5 Å². The first-order valence-electron chi connectivity index (χ1n) is 8.89. The van der Waals surface area contributed by atoms with Crippen molar-refractivity contribution >= 4 is 11.7 Å². The minimum absolute atomic E-state index is 0.239. The average Bonchev–Trinajstić information content (AvgIpc) is 2.72. The van der Waals surface area contributed by atoms with Crippen molar-refractivity contribution in [3.05, 3.63) is 90.2 Å². The van der Waals surface area contributed by atoms with E-state index in [0.717, 1.165) is 11.3 Å². The minimum atomic E-state index is -0.362. The van der Waals surface area contributed by atoms with Crippen LogP contribution in [0.2, 0.25) is 0 Å². The van der Waals surface area contributed by atoms with Crippen LogP contribution in [0.3, 0.4) is 0 Å². The number of urea groups is 1. The number of carbonyl (C=O) groups is 1. The number of hydrogen-bond acceptors (Lipinski definition) is 3. The van der Waals surface area contributed by atoms with Gasteiger partial charge in [-0.25, -0.2) is 9.18 Å². The lowest BCUT2D eigenvalue weighted by molar-refractivity contribution is 0.247. The summed E-state index contributed by atoms with van der Waals surface area (Å²) in [7, 11) is 0. The van der Waals surface area contributed by atoms with Crippen LogP contribution in [0, 0.1) is 5.82 Å². The van der Waals surface area contributed by atoms with Crippen LogP contribution in [0.4, 0.5) is 14.9 Å². The Kier molecular flexibility index (Phi) is 6.84. The first kappa shape index (κ1) is 19.2. The zero-order chi connectivity index (χ0) is 19.6. The smallest absolute Gasteiger partial charge is 0.319 e. The highest BCUT2D eigenvalue weighted by Crippen LogP contribution is 2.17. The van der Waals surface area contributed by atoms with E-state index in [4.69, 9.17) is 9.47 Å². The number of anilines is 1. The minimum Gasteiger partial charge on any atom is -0.492 e. The quantitative estimate of drug-likeness (QED) is 0.561. The number of rotatable bonds is 8. The fourth-order valence-corrected chi connectivity index (χ4v) is 2.44. The van der Waals surface area contributed by atoms with E-state index in [1.54, 1.807) is 36.4 Å². The molecule has 2 N–H and O–H groups in total. The maximum atomic E-state index is 13.0. The molecule has 28 heavy (non-hydrogen) atoms. The molecule has 3 aromatic rings. The molecule has 0 bridgehead atoms. The second-order valence-electron chi connectivity index (χ2n) is 5.99. The van der Waals surface area contributed by atoms with E-state index >= 15 is 0 Å². The average molecular weight is 380 g/mol. The molecule has 0 aliphatic carbocycles. The summed E-state index contributed by atoms with van der Waals surface area (Å²) in [4.78, 5) is 11.9. The van der Waals surface area contributed by atoms with Crippen molar-refractivity contribution in [2.45, 2.75) is 6.61 Å². The molecule has 3 aromatic carbocycles. The molecule has 5 nitrogen and oxygen atoms in total. The van der Waals surface area contributed by atoms with Gasteiger partial charge < -0.3 is 20.1 Å². The number of carbonyl (C=O) groups excluding carboxylic acids is 1. The van der Waals surface area contributed by atoms with Crippen LogP contribution < -0.4 is 20.1 Å². The predicted molar refractivity (Wildman–Crippen MR) is 106 cm³/mol. The number of ether oxygens (including phenoxy) is 2. The first-order chi connectivity index (χ1) is 13.7. The molecular weight excluding hydrogens is 359 g/mol. The normalized spacial score (nSPS) is 10.2. The highest BCUT2D eigenvalue weighted by Gasteiger charge is 2.03. The lowest BCUT2D eigenvalue weighted by atomic mass is 10.2. The van der Waals surface area contributed by atoms with Gasteiger partial charge in [-0.05, 0) is 42.0 Å². The van der Waals surface area contributed by atoms with Gasteiger partial charge in [0.25, 0.3) is 0 Å². The van der Waals surface area contributed by atoms with Gasteiger partial charge in [0.15, 0.2) is 0 Å². The van der Waals surface area contributed by atoms with Crippen LogP contribution in [0.25, 0.3) is 0 Å². The van der Waals surface area contributed by atoms with Gasteiger partial charge in [0.2, 0.25) is 0 Å². The Bertz CT molecular complexity index is 886. The van der Waals surface area contributed by atoms with Gasteiger partial charge >= 0.3 is 6.03 Å². The van der Waals surface area contributed by atoms with Gasteiger partial charge in [0, 0.05) is 11.8 Å².